The molecule has 2 aromatic carbocycles. The molecule has 8 heteroatoms. The molecule has 0 saturated heterocycles. The molecule has 1 aliphatic rings. The van der Waals surface area contributed by atoms with Crippen molar-refractivity contribution >= 4 is 34.4 Å². The lowest BCUT2D eigenvalue weighted by Gasteiger charge is -2.11. The van der Waals surface area contributed by atoms with Crippen molar-refractivity contribution < 1.29 is 9.59 Å². The number of primary amides is 1. The van der Waals surface area contributed by atoms with Gasteiger partial charge < -0.3 is 14.9 Å². The Morgan fingerprint density at radius 3 is 2.47 bits per heavy atom. The van der Waals surface area contributed by atoms with Crippen molar-refractivity contribution in [3.63, 3.8) is 0 Å². The summed E-state index contributed by atoms with van der Waals surface area (Å²) in [6.45, 7) is 3.30. The van der Waals surface area contributed by atoms with Gasteiger partial charge in [0.25, 0.3) is 0 Å². The monoisotopic (exact) mass is 473 g/mol. The number of hydrogen-bond acceptors (Lipinski definition) is 5. The second-order valence-corrected chi connectivity index (χ2v) is 9.49. The van der Waals surface area contributed by atoms with E-state index in [0.717, 1.165) is 52.9 Å². The van der Waals surface area contributed by atoms with Crippen LogP contribution in [0.15, 0.2) is 59.8 Å². The molecule has 2 N–H and O–H groups in total. The van der Waals surface area contributed by atoms with Gasteiger partial charge in [-0.25, -0.2) is 0 Å². The van der Waals surface area contributed by atoms with Crippen LogP contribution in [0.1, 0.15) is 48.3 Å². The molecule has 2 heterocycles. The number of aryl methyl sites for hydroxylation is 1. The molecule has 1 amide bonds. The fourth-order valence-electron chi connectivity index (χ4n) is 4.50. The van der Waals surface area contributed by atoms with E-state index in [4.69, 9.17) is 5.73 Å². The van der Waals surface area contributed by atoms with Crippen molar-refractivity contribution in [2.24, 2.45) is 5.73 Å². The highest BCUT2D eigenvalue weighted by Crippen LogP contribution is 2.40. The van der Waals surface area contributed by atoms with Gasteiger partial charge in [-0.15, -0.1) is 10.2 Å². The zero-order valence-electron chi connectivity index (χ0n) is 19.1. The van der Waals surface area contributed by atoms with Crippen LogP contribution in [0.4, 0.5) is 0 Å². The molecular weight excluding hydrogens is 446 g/mol. The van der Waals surface area contributed by atoms with E-state index in [1.165, 1.54) is 11.8 Å². The van der Waals surface area contributed by atoms with Crippen LogP contribution in [0, 0.1) is 0 Å². The highest BCUT2D eigenvalue weighted by atomic mass is 32.2. The summed E-state index contributed by atoms with van der Waals surface area (Å²) in [4.78, 5) is 25.1. The third-order valence-electron chi connectivity index (χ3n) is 6.22. The summed E-state index contributed by atoms with van der Waals surface area (Å²) < 4.78 is 4.18. The lowest BCUT2D eigenvalue weighted by atomic mass is 10.0. The Balaban J connectivity index is 1.49. The molecule has 0 spiro atoms. The molecule has 34 heavy (non-hydrogen) atoms. The molecule has 5 rings (SSSR count). The van der Waals surface area contributed by atoms with Gasteiger partial charge in [-0.2, -0.15) is 0 Å². The van der Waals surface area contributed by atoms with Crippen LogP contribution < -0.4 is 5.73 Å². The average Bonchev–Trinajstić information content (AvgIpc) is 3.53. The number of rotatable bonds is 10. The van der Waals surface area contributed by atoms with E-state index in [1.54, 1.807) is 0 Å². The number of aromatic nitrogens is 4. The molecule has 1 saturated carbocycles. The van der Waals surface area contributed by atoms with Gasteiger partial charge in [0.15, 0.2) is 10.9 Å². The number of nitrogens with two attached hydrogens (primary N) is 1. The van der Waals surface area contributed by atoms with E-state index in [2.05, 4.69) is 27.8 Å². The summed E-state index contributed by atoms with van der Waals surface area (Å²) in [5.74, 6) is 1.20. The summed E-state index contributed by atoms with van der Waals surface area (Å²) in [5.41, 5.74) is 9.14. The molecule has 0 radical (unpaired) electrons. The van der Waals surface area contributed by atoms with Gasteiger partial charge >= 0.3 is 0 Å². The molecule has 0 aliphatic heterocycles. The number of carbonyl (C=O) groups excluding carboxylic acids is 2. The minimum absolute atomic E-state index is 0.0460. The Bertz CT molecular complexity index is 1350. The van der Waals surface area contributed by atoms with Crippen molar-refractivity contribution in [2.75, 3.05) is 5.75 Å². The minimum Gasteiger partial charge on any atom is -0.370 e. The SMILES string of the molecule is CCn1c(-c2ccccc2)c(C(=O)CSc2nnc(C3CC3)n2CCC(N)=O)c2ccccc21. The third kappa shape index (κ3) is 4.25. The maximum absolute atomic E-state index is 13.7. The van der Waals surface area contributed by atoms with Crippen LogP contribution in [0.25, 0.3) is 22.2 Å². The van der Waals surface area contributed by atoms with Crippen LogP contribution >= 0.6 is 11.8 Å². The van der Waals surface area contributed by atoms with E-state index >= 15 is 0 Å². The van der Waals surface area contributed by atoms with E-state index in [1.807, 2.05) is 53.1 Å². The molecule has 174 valence electrons. The van der Waals surface area contributed by atoms with Crippen molar-refractivity contribution in [1.82, 2.24) is 19.3 Å². The smallest absolute Gasteiger partial charge is 0.219 e. The first kappa shape index (κ1) is 22.4. The van der Waals surface area contributed by atoms with Crippen LogP contribution in [-0.2, 0) is 17.9 Å². The lowest BCUT2D eigenvalue weighted by molar-refractivity contribution is -0.118. The van der Waals surface area contributed by atoms with Gasteiger partial charge in [-0.3, -0.25) is 9.59 Å². The van der Waals surface area contributed by atoms with Crippen molar-refractivity contribution in [3.8, 4) is 11.3 Å². The van der Waals surface area contributed by atoms with Gasteiger partial charge in [-0.05, 0) is 31.4 Å². The number of Topliss-reactive ketones (excluding diaryl/α,β-unsaturated/α-hetero) is 1. The largest absolute Gasteiger partial charge is 0.370 e. The Morgan fingerprint density at radius 2 is 1.76 bits per heavy atom. The topological polar surface area (TPSA) is 95.8 Å². The Hall–Kier alpha value is -3.39. The number of amides is 1. The van der Waals surface area contributed by atoms with Gasteiger partial charge in [0.1, 0.15) is 5.82 Å². The fraction of sp³-hybridized carbons (Fsp3) is 0.308. The number of nitrogens with zero attached hydrogens (tertiary/aromatic N) is 4. The molecule has 0 atom stereocenters. The Kier molecular flexibility index (Phi) is 6.24. The average molecular weight is 474 g/mol. The van der Waals surface area contributed by atoms with Crippen LogP contribution in [0.2, 0.25) is 0 Å². The Morgan fingerprint density at radius 1 is 1.03 bits per heavy atom. The number of fused-ring (bicyclic) bond motifs is 1. The maximum Gasteiger partial charge on any atom is 0.219 e. The molecular formula is C26H27N5O2S. The maximum atomic E-state index is 13.7. The van der Waals surface area contributed by atoms with Crippen molar-refractivity contribution in [1.29, 1.82) is 0 Å². The third-order valence-corrected chi connectivity index (χ3v) is 7.18. The first-order chi connectivity index (χ1) is 16.6. The fourth-order valence-corrected chi connectivity index (χ4v) is 5.34. The van der Waals surface area contributed by atoms with Gasteiger partial charge in [0.05, 0.1) is 17.0 Å². The molecule has 2 aromatic heterocycles. The number of carbonyl (C=O) groups is 2. The molecule has 0 unspecified atom stereocenters. The molecule has 1 fully saturated rings. The van der Waals surface area contributed by atoms with Gasteiger partial charge in [0, 0.05) is 36.3 Å². The predicted octanol–water partition coefficient (Wildman–Crippen LogP) is 4.65. The quantitative estimate of drug-likeness (QED) is 0.267. The summed E-state index contributed by atoms with van der Waals surface area (Å²) in [6, 6.07) is 18.1. The second kappa shape index (κ2) is 9.46. The minimum atomic E-state index is -0.359. The van der Waals surface area contributed by atoms with E-state index in [9.17, 15) is 9.59 Å². The molecule has 0 bridgehead atoms. The molecule has 7 nitrogen and oxygen atoms in total. The van der Waals surface area contributed by atoms with E-state index in [-0.39, 0.29) is 23.9 Å². The van der Waals surface area contributed by atoms with Gasteiger partial charge in [-0.1, -0.05) is 60.3 Å². The van der Waals surface area contributed by atoms with Crippen LogP contribution in [0.5, 0.6) is 0 Å². The molecule has 4 aromatic rings. The standard InChI is InChI=1S/C26H27N5O2S/c1-2-30-20-11-7-6-10-19(20)23(24(30)17-8-4-3-5-9-17)21(32)16-34-26-29-28-25(18-12-13-18)31(26)15-14-22(27)33/h3-11,18H,2,12-16H2,1H3,(H2,27,33). The first-order valence-electron chi connectivity index (χ1n) is 11.6. The molecule has 1 aliphatic carbocycles. The van der Waals surface area contributed by atoms with E-state index < -0.39 is 0 Å². The summed E-state index contributed by atoms with van der Waals surface area (Å²) in [7, 11) is 0. The normalized spacial score (nSPS) is 13.4. The summed E-state index contributed by atoms with van der Waals surface area (Å²) >= 11 is 1.38. The number of para-hydroxylation sites is 1. The van der Waals surface area contributed by atoms with Crippen molar-refractivity contribution in [3.05, 3.63) is 66.0 Å². The highest BCUT2D eigenvalue weighted by Gasteiger charge is 2.31. The number of thioether (sulfide) groups is 1. The van der Waals surface area contributed by atoms with Gasteiger partial charge in [0.2, 0.25) is 5.91 Å². The number of ketones is 1. The van der Waals surface area contributed by atoms with E-state index in [0.29, 0.717) is 17.6 Å². The second-order valence-electron chi connectivity index (χ2n) is 8.55. The van der Waals surface area contributed by atoms with Crippen LogP contribution in [0.3, 0.4) is 0 Å². The summed E-state index contributed by atoms with van der Waals surface area (Å²) in [5, 5.41) is 10.3. The Labute approximate surface area is 202 Å². The zero-order valence-corrected chi connectivity index (χ0v) is 19.9. The van der Waals surface area contributed by atoms with Crippen LogP contribution in [-0.4, -0.2) is 36.8 Å². The zero-order chi connectivity index (χ0) is 23.7. The van der Waals surface area contributed by atoms with Crippen molar-refractivity contribution in [2.45, 2.75) is 50.4 Å². The summed E-state index contributed by atoms with van der Waals surface area (Å²) in [6.07, 6.45) is 2.38. The highest BCUT2D eigenvalue weighted by molar-refractivity contribution is 7.99. The number of benzene rings is 2. The number of hydrogen-bond donors (Lipinski definition) is 1. The first-order valence-corrected chi connectivity index (χ1v) is 12.6. The predicted molar refractivity (Wildman–Crippen MR) is 134 cm³/mol. The lowest BCUT2D eigenvalue weighted by Crippen LogP contribution is -2.16.